The molecule has 1 N–H and O–H groups in total. The predicted molar refractivity (Wildman–Crippen MR) is 98.5 cm³/mol. The molecule has 0 unspecified atom stereocenters. The van der Waals surface area contributed by atoms with E-state index in [9.17, 15) is 26.4 Å². The topological polar surface area (TPSA) is 84.3 Å². The number of hydrogen-bond donors (Lipinski definition) is 1. The average molecular weight is 439 g/mol. The van der Waals surface area contributed by atoms with Crippen molar-refractivity contribution in [1.82, 2.24) is 14.9 Å². The van der Waals surface area contributed by atoms with E-state index in [2.05, 4.69) is 10.3 Å². The Hall–Kier alpha value is -2.27. The third-order valence-corrected chi connectivity index (χ3v) is 5.18. The molecule has 1 amide bonds. The fourth-order valence-corrected chi connectivity index (χ4v) is 3.45. The van der Waals surface area contributed by atoms with Crippen LogP contribution in [-0.2, 0) is 27.5 Å². The second-order valence-corrected chi connectivity index (χ2v) is 8.25. The lowest BCUT2D eigenvalue weighted by atomic mass is 10.2. The summed E-state index contributed by atoms with van der Waals surface area (Å²) in [6.07, 6.45) is 1.61. The summed E-state index contributed by atoms with van der Waals surface area (Å²) in [4.78, 5) is 16.0. The summed E-state index contributed by atoms with van der Waals surface area (Å²) < 4.78 is 65.6. The normalized spacial score (nSPS) is 12.0. The number of aromatic nitrogens is 2. The van der Waals surface area contributed by atoms with Gasteiger partial charge in [0.25, 0.3) is 0 Å². The summed E-state index contributed by atoms with van der Waals surface area (Å²) in [5.41, 5.74) is -1.48. The van der Waals surface area contributed by atoms with Crippen LogP contribution in [0.2, 0.25) is 5.02 Å². The Morgan fingerprint density at radius 2 is 2.07 bits per heavy atom. The van der Waals surface area contributed by atoms with Crippen LogP contribution >= 0.6 is 11.6 Å². The molecular formula is C16H18ClF3N4O3S. The number of aryl methyl sites for hydroxylation is 1. The van der Waals surface area contributed by atoms with Crippen molar-refractivity contribution < 1.29 is 26.4 Å². The highest BCUT2D eigenvalue weighted by molar-refractivity contribution is 7.92. The molecular weight excluding hydrogens is 421 g/mol. The van der Waals surface area contributed by atoms with Crippen molar-refractivity contribution in [2.45, 2.75) is 19.1 Å². The Bertz CT molecular complexity index is 918. The van der Waals surface area contributed by atoms with Crippen LogP contribution in [0.1, 0.15) is 12.0 Å². The van der Waals surface area contributed by atoms with Gasteiger partial charge in [-0.3, -0.25) is 9.10 Å². The van der Waals surface area contributed by atoms with Crippen molar-refractivity contribution in [2.24, 2.45) is 0 Å². The standard InChI is InChI=1S/C16H18ClF3N4O3S/c1-28(26,27)24(12-3-4-14(17)13(9-12)16(18,19)20)10-15(25)22-5-2-7-23-8-6-21-11-23/h3-4,6,8-9,11H,2,5,7,10H2,1H3,(H,22,25). The second-order valence-electron chi connectivity index (χ2n) is 5.94. The number of rotatable bonds is 8. The molecule has 12 heteroatoms. The maximum Gasteiger partial charge on any atom is 0.417 e. The fraction of sp³-hybridized carbons (Fsp3) is 0.375. The van der Waals surface area contributed by atoms with Crippen molar-refractivity contribution in [3.05, 3.63) is 47.5 Å². The highest BCUT2D eigenvalue weighted by Crippen LogP contribution is 2.37. The average Bonchev–Trinajstić information content (AvgIpc) is 3.09. The summed E-state index contributed by atoms with van der Waals surface area (Å²) in [6, 6.07) is 2.67. The first kappa shape index (κ1) is 22.0. The Labute approximate surface area is 165 Å². The monoisotopic (exact) mass is 438 g/mol. The van der Waals surface area contributed by atoms with Crippen LogP contribution in [0.3, 0.4) is 0 Å². The zero-order valence-corrected chi connectivity index (χ0v) is 16.4. The molecule has 28 heavy (non-hydrogen) atoms. The SMILES string of the molecule is CS(=O)(=O)N(CC(=O)NCCCn1ccnc1)c1ccc(Cl)c(C(F)(F)F)c1. The second kappa shape index (κ2) is 8.82. The van der Waals surface area contributed by atoms with Crippen molar-refractivity contribution >= 4 is 33.2 Å². The lowest BCUT2D eigenvalue weighted by Gasteiger charge is -2.23. The number of carbonyl (C=O) groups excluding carboxylic acids is 1. The van der Waals surface area contributed by atoms with E-state index in [1.807, 2.05) is 0 Å². The number of amides is 1. The van der Waals surface area contributed by atoms with Gasteiger partial charge in [0.15, 0.2) is 0 Å². The Kier molecular flexibility index (Phi) is 6.94. The number of hydrogen-bond acceptors (Lipinski definition) is 4. The van der Waals surface area contributed by atoms with Crippen LogP contribution in [0, 0.1) is 0 Å². The summed E-state index contributed by atoms with van der Waals surface area (Å²) in [5.74, 6) is -0.639. The number of nitrogens with one attached hydrogen (secondary N) is 1. The van der Waals surface area contributed by atoms with Gasteiger partial charge in [-0.2, -0.15) is 13.2 Å². The molecule has 0 aliphatic rings. The van der Waals surface area contributed by atoms with E-state index < -0.39 is 39.2 Å². The smallest absolute Gasteiger partial charge is 0.354 e. The summed E-state index contributed by atoms with van der Waals surface area (Å²) in [7, 11) is -4.00. The van der Waals surface area contributed by atoms with Gasteiger partial charge >= 0.3 is 6.18 Å². The number of carbonyl (C=O) groups is 1. The van der Waals surface area contributed by atoms with E-state index in [0.717, 1.165) is 18.4 Å². The lowest BCUT2D eigenvalue weighted by molar-refractivity contribution is -0.137. The van der Waals surface area contributed by atoms with Gasteiger partial charge in [-0.25, -0.2) is 13.4 Å². The summed E-state index contributed by atoms with van der Waals surface area (Å²) >= 11 is 5.56. The molecule has 1 aromatic heterocycles. The first-order valence-corrected chi connectivity index (χ1v) is 10.3. The molecule has 0 fully saturated rings. The Morgan fingerprint density at radius 1 is 1.36 bits per heavy atom. The Morgan fingerprint density at radius 3 is 2.64 bits per heavy atom. The summed E-state index contributed by atoms with van der Waals surface area (Å²) in [5, 5.41) is 1.99. The molecule has 7 nitrogen and oxygen atoms in total. The molecule has 1 heterocycles. The van der Waals surface area contributed by atoms with Crippen LogP contribution in [0.25, 0.3) is 0 Å². The lowest BCUT2D eigenvalue weighted by Crippen LogP contribution is -2.40. The van der Waals surface area contributed by atoms with Gasteiger partial charge in [0.1, 0.15) is 6.54 Å². The van der Waals surface area contributed by atoms with Crippen molar-refractivity contribution in [2.75, 3.05) is 23.7 Å². The van der Waals surface area contributed by atoms with E-state index in [4.69, 9.17) is 11.6 Å². The van der Waals surface area contributed by atoms with Crippen molar-refractivity contribution in [3.8, 4) is 0 Å². The molecule has 2 aromatic rings. The molecule has 1 aromatic carbocycles. The first-order chi connectivity index (χ1) is 13.0. The maximum atomic E-state index is 13.0. The van der Waals surface area contributed by atoms with Gasteiger partial charge in [-0.15, -0.1) is 0 Å². The van der Waals surface area contributed by atoms with E-state index in [-0.39, 0.29) is 12.2 Å². The molecule has 0 aliphatic carbocycles. The molecule has 0 saturated carbocycles. The zero-order chi connectivity index (χ0) is 20.9. The molecule has 154 valence electrons. The van der Waals surface area contributed by atoms with E-state index in [1.54, 1.807) is 23.3 Å². The zero-order valence-electron chi connectivity index (χ0n) is 14.8. The van der Waals surface area contributed by atoms with E-state index in [0.29, 0.717) is 23.3 Å². The first-order valence-electron chi connectivity index (χ1n) is 8.05. The van der Waals surface area contributed by atoms with Crippen LogP contribution in [0.4, 0.5) is 18.9 Å². The minimum Gasteiger partial charge on any atom is -0.354 e. The van der Waals surface area contributed by atoms with Gasteiger partial charge in [-0.05, 0) is 24.6 Å². The molecule has 0 spiro atoms. The van der Waals surface area contributed by atoms with E-state index in [1.165, 1.54) is 0 Å². The third-order valence-electron chi connectivity index (χ3n) is 3.71. The molecule has 2 rings (SSSR count). The van der Waals surface area contributed by atoms with E-state index >= 15 is 0 Å². The highest BCUT2D eigenvalue weighted by Gasteiger charge is 2.34. The molecule has 0 aliphatic heterocycles. The summed E-state index contributed by atoms with van der Waals surface area (Å²) in [6.45, 7) is 0.216. The van der Waals surface area contributed by atoms with Gasteiger partial charge in [0.05, 0.1) is 28.9 Å². The number of benzene rings is 1. The molecule has 0 atom stereocenters. The van der Waals surface area contributed by atoms with Crippen molar-refractivity contribution in [3.63, 3.8) is 0 Å². The number of alkyl halides is 3. The minimum absolute atomic E-state index is 0.267. The maximum absolute atomic E-state index is 13.0. The van der Waals surface area contributed by atoms with Crippen LogP contribution in [0.5, 0.6) is 0 Å². The number of nitrogens with zero attached hydrogens (tertiary/aromatic N) is 3. The molecule has 0 bridgehead atoms. The number of anilines is 1. The molecule has 0 radical (unpaired) electrons. The fourth-order valence-electron chi connectivity index (χ4n) is 2.38. The van der Waals surface area contributed by atoms with Gasteiger partial charge in [0.2, 0.25) is 15.9 Å². The van der Waals surface area contributed by atoms with Crippen molar-refractivity contribution in [1.29, 1.82) is 0 Å². The van der Waals surface area contributed by atoms with Crippen LogP contribution in [-0.4, -0.2) is 43.2 Å². The predicted octanol–water partition coefficient (Wildman–Crippen LogP) is 2.53. The Balaban J connectivity index is 2.07. The van der Waals surface area contributed by atoms with Crippen LogP contribution < -0.4 is 9.62 Å². The van der Waals surface area contributed by atoms with Crippen LogP contribution in [0.15, 0.2) is 36.9 Å². The molecule has 0 saturated heterocycles. The van der Waals surface area contributed by atoms with Gasteiger partial charge in [-0.1, -0.05) is 11.6 Å². The van der Waals surface area contributed by atoms with Gasteiger partial charge in [0, 0.05) is 25.5 Å². The number of halogens is 4. The van der Waals surface area contributed by atoms with Gasteiger partial charge < -0.3 is 9.88 Å². The largest absolute Gasteiger partial charge is 0.417 e. The number of sulfonamides is 1. The third kappa shape index (κ3) is 6.13. The number of imidazole rings is 1. The quantitative estimate of drug-likeness (QED) is 0.642. The highest BCUT2D eigenvalue weighted by atomic mass is 35.5. The minimum atomic E-state index is -4.76.